The number of nitrogens with two attached hydrogens (primary N) is 1. The summed E-state index contributed by atoms with van der Waals surface area (Å²) in [6.07, 6.45) is 2.02. The van der Waals surface area contributed by atoms with Crippen molar-refractivity contribution in [2.45, 2.75) is 0 Å². The van der Waals surface area contributed by atoms with Crippen LogP contribution >= 0.6 is 35.2 Å². The topological polar surface area (TPSA) is 65.7 Å². The van der Waals surface area contributed by atoms with Gasteiger partial charge in [0.15, 0.2) is 0 Å². The lowest BCUT2D eigenvalue weighted by Gasteiger charge is -1.85. The molecule has 1 aromatic heterocycles. The quantitative estimate of drug-likeness (QED) is 0.256. The Kier molecular flexibility index (Phi) is 4.27. The Bertz CT molecular complexity index is 434. The highest BCUT2D eigenvalue weighted by Crippen LogP contribution is 2.18. The maximum atomic E-state index is 6.14. The molecule has 0 spiro atoms. The van der Waals surface area contributed by atoms with Crippen LogP contribution in [0.4, 0.5) is 0 Å². The molecule has 0 aliphatic rings. The first-order valence-corrected chi connectivity index (χ1v) is 5.38. The molecule has 0 saturated heterocycles. The van der Waals surface area contributed by atoms with E-state index in [-0.39, 0.29) is 5.17 Å². The molecular formula is C9H10IN3S. The molecule has 0 aliphatic heterocycles. The molecule has 0 atom stereocenters. The minimum Gasteiger partial charge on any atom is -0.379 e. The van der Waals surface area contributed by atoms with Crippen molar-refractivity contribution < 1.29 is 0 Å². The van der Waals surface area contributed by atoms with Gasteiger partial charge in [0.05, 0.1) is 0 Å². The lowest BCUT2D eigenvalue weighted by molar-refractivity contribution is 1.47. The summed E-state index contributed by atoms with van der Waals surface area (Å²) in [6.45, 7) is 0. The van der Waals surface area contributed by atoms with Crippen LogP contribution in [0.2, 0.25) is 0 Å². The first-order chi connectivity index (χ1) is 6.61. The molecule has 0 radical (unpaired) electrons. The van der Waals surface area contributed by atoms with E-state index < -0.39 is 0 Å². The maximum Gasteiger partial charge on any atom is 0.147 e. The van der Waals surface area contributed by atoms with Gasteiger partial charge in [0.2, 0.25) is 0 Å². The van der Waals surface area contributed by atoms with Crippen molar-refractivity contribution in [3.63, 3.8) is 0 Å². The van der Waals surface area contributed by atoms with E-state index in [0.29, 0.717) is 0 Å². The SMILES string of the molecule is Ic1c[nH]c2ccccc12.N=C(N)S. The monoisotopic (exact) mass is 319 g/mol. The second-order valence-corrected chi connectivity index (χ2v) is 4.21. The van der Waals surface area contributed by atoms with E-state index in [9.17, 15) is 0 Å². The van der Waals surface area contributed by atoms with Crippen LogP contribution in [0.15, 0.2) is 30.5 Å². The fraction of sp³-hybridized carbons (Fsp3) is 0. The summed E-state index contributed by atoms with van der Waals surface area (Å²) >= 11 is 5.65. The zero-order chi connectivity index (χ0) is 10.6. The number of hydrogen-bond acceptors (Lipinski definition) is 1. The maximum absolute atomic E-state index is 6.14. The number of halogens is 1. The van der Waals surface area contributed by atoms with Crippen LogP contribution in [0.25, 0.3) is 10.9 Å². The van der Waals surface area contributed by atoms with E-state index in [2.05, 4.69) is 64.1 Å². The largest absolute Gasteiger partial charge is 0.379 e. The first-order valence-electron chi connectivity index (χ1n) is 3.86. The van der Waals surface area contributed by atoms with Gasteiger partial charge in [0.1, 0.15) is 5.17 Å². The number of fused-ring (bicyclic) bond motifs is 1. The third-order valence-corrected chi connectivity index (χ3v) is 2.43. The van der Waals surface area contributed by atoms with Crippen LogP contribution in [-0.2, 0) is 0 Å². The number of aromatic amines is 1. The molecule has 2 aromatic rings. The fourth-order valence-corrected chi connectivity index (χ4v) is 1.66. The summed E-state index contributed by atoms with van der Waals surface area (Å²) in [6, 6.07) is 8.29. The van der Waals surface area contributed by atoms with Crippen LogP contribution in [-0.4, -0.2) is 10.2 Å². The van der Waals surface area contributed by atoms with E-state index in [0.717, 1.165) is 0 Å². The second-order valence-electron chi connectivity index (χ2n) is 2.57. The molecule has 2 rings (SSSR count). The molecule has 4 N–H and O–H groups in total. The molecule has 0 amide bonds. The number of nitrogens with one attached hydrogen (secondary N) is 2. The molecule has 0 saturated carbocycles. The van der Waals surface area contributed by atoms with Gasteiger partial charge >= 0.3 is 0 Å². The van der Waals surface area contributed by atoms with Crippen LogP contribution in [0.1, 0.15) is 0 Å². The van der Waals surface area contributed by atoms with Gasteiger partial charge in [-0.3, -0.25) is 5.41 Å². The van der Waals surface area contributed by atoms with Crippen molar-refractivity contribution >= 4 is 51.3 Å². The number of H-pyrrole nitrogens is 1. The summed E-state index contributed by atoms with van der Waals surface area (Å²) in [5, 5.41) is 7.31. The van der Waals surface area contributed by atoms with Crippen LogP contribution in [0.3, 0.4) is 0 Å². The van der Waals surface area contributed by atoms with E-state index in [1.165, 1.54) is 14.5 Å². The predicted molar refractivity (Wildman–Crippen MR) is 71.9 cm³/mol. The first kappa shape index (κ1) is 11.4. The Morgan fingerprint density at radius 1 is 1.43 bits per heavy atom. The number of benzene rings is 1. The van der Waals surface area contributed by atoms with Crippen molar-refractivity contribution in [2.24, 2.45) is 5.73 Å². The van der Waals surface area contributed by atoms with Crippen molar-refractivity contribution in [2.75, 3.05) is 0 Å². The summed E-state index contributed by atoms with van der Waals surface area (Å²) in [5.41, 5.74) is 5.77. The van der Waals surface area contributed by atoms with Gasteiger partial charge in [-0.2, -0.15) is 0 Å². The average molecular weight is 319 g/mol. The number of thiol groups is 1. The van der Waals surface area contributed by atoms with Crippen LogP contribution < -0.4 is 5.73 Å². The van der Waals surface area contributed by atoms with E-state index in [1.807, 2.05) is 12.3 Å². The van der Waals surface area contributed by atoms with Gasteiger partial charge in [0.25, 0.3) is 0 Å². The van der Waals surface area contributed by atoms with Crippen molar-refractivity contribution in [1.29, 1.82) is 5.41 Å². The molecule has 5 heteroatoms. The lowest BCUT2D eigenvalue weighted by atomic mass is 10.3. The van der Waals surface area contributed by atoms with Gasteiger partial charge in [-0.05, 0) is 28.7 Å². The van der Waals surface area contributed by atoms with E-state index >= 15 is 0 Å². The van der Waals surface area contributed by atoms with Crippen LogP contribution in [0.5, 0.6) is 0 Å². The van der Waals surface area contributed by atoms with Crippen molar-refractivity contribution in [3.05, 3.63) is 34.0 Å². The zero-order valence-corrected chi connectivity index (χ0v) is 10.3. The Balaban J connectivity index is 0.000000213. The molecule has 14 heavy (non-hydrogen) atoms. The molecule has 3 nitrogen and oxygen atoms in total. The van der Waals surface area contributed by atoms with Gasteiger partial charge in [-0.25, -0.2) is 0 Å². The molecular weight excluding hydrogens is 309 g/mol. The Morgan fingerprint density at radius 2 is 2.00 bits per heavy atom. The molecule has 74 valence electrons. The molecule has 0 unspecified atom stereocenters. The fourth-order valence-electron chi connectivity index (χ4n) is 1.04. The molecule has 1 aromatic carbocycles. The minimum absolute atomic E-state index is 0.139. The molecule has 0 fully saturated rings. The summed E-state index contributed by atoms with van der Waals surface area (Å²) < 4.78 is 1.29. The zero-order valence-electron chi connectivity index (χ0n) is 7.29. The van der Waals surface area contributed by atoms with E-state index in [1.54, 1.807) is 0 Å². The third kappa shape index (κ3) is 3.22. The number of hydrogen-bond donors (Lipinski definition) is 4. The molecule has 0 bridgehead atoms. The third-order valence-electron chi connectivity index (χ3n) is 1.54. The minimum atomic E-state index is -0.139. The van der Waals surface area contributed by atoms with Gasteiger partial charge in [-0.15, -0.1) is 12.6 Å². The number of aromatic nitrogens is 1. The highest BCUT2D eigenvalue weighted by atomic mass is 127. The molecule has 1 heterocycles. The van der Waals surface area contributed by atoms with E-state index in [4.69, 9.17) is 5.41 Å². The number of amidine groups is 1. The van der Waals surface area contributed by atoms with Crippen molar-refractivity contribution in [3.8, 4) is 0 Å². The Hall–Kier alpha value is -0.690. The summed E-state index contributed by atoms with van der Waals surface area (Å²) in [4.78, 5) is 3.18. The highest BCUT2D eigenvalue weighted by molar-refractivity contribution is 14.1. The summed E-state index contributed by atoms with van der Waals surface area (Å²) in [5.74, 6) is 0. The normalized spacial score (nSPS) is 9.29. The smallest absolute Gasteiger partial charge is 0.147 e. The highest BCUT2D eigenvalue weighted by Gasteiger charge is 1.95. The Labute approximate surface area is 101 Å². The standard InChI is InChI=1S/C8H6IN.CH4N2S/c9-7-5-10-8-4-2-1-3-6(7)8;2-1(3)4/h1-5,10H;(H4,2,3,4). The van der Waals surface area contributed by atoms with Gasteiger partial charge in [-0.1, -0.05) is 18.2 Å². The Morgan fingerprint density at radius 3 is 2.57 bits per heavy atom. The lowest BCUT2D eigenvalue weighted by Crippen LogP contribution is -1.96. The molecule has 0 aliphatic carbocycles. The van der Waals surface area contributed by atoms with Crippen LogP contribution in [0, 0.1) is 8.98 Å². The number of para-hydroxylation sites is 1. The predicted octanol–water partition coefficient (Wildman–Crippen LogP) is 2.58. The van der Waals surface area contributed by atoms with Crippen molar-refractivity contribution in [1.82, 2.24) is 4.98 Å². The second kappa shape index (κ2) is 5.26. The summed E-state index contributed by atoms with van der Waals surface area (Å²) in [7, 11) is 0. The van der Waals surface area contributed by atoms with Gasteiger partial charge in [0, 0.05) is 20.7 Å². The number of rotatable bonds is 0. The van der Waals surface area contributed by atoms with Gasteiger partial charge < -0.3 is 10.7 Å². The average Bonchev–Trinajstić information content (AvgIpc) is 2.48.